The Morgan fingerprint density at radius 2 is 1.82 bits per heavy atom. The number of ether oxygens (including phenoxy) is 1. The van der Waals surface area contributed by atoms with Gasteiger partial charge in [0, 0.05) is 56.8 Å². The Bertz CT molecular complexity index is 1390. The smallest absolute Gasteiger partial charge is 0.249 e. The first-order valence-corrected chi connectivity index (χ1v) is 14.7. The van der Waals surface area contributed by atoms with Crippen molar-refractivity contribution in [2.24, 2.45) is 13.0 Å². The highest BCUT2D eigenvalue weighted by Gasteiger charge is 2.59. The summed E-state index contributed by atoms with van der Waals surface area (Å²) in [5.41, 5.74) is 1.88. The van der Waals surface area contributed by atoms with Gasteiger partial charge in [0.25, 0.3) is 0 Å². The summed E-state index contributed by atoms with van der Waals surface area (Å²) in [4.78, 5) is 46.7. The number of nitrogens with zero attached hydrogens (tertiary/aromatic N) is 4. The molecule has 0 spiro atoms. The van der Waals surface area contributed by atoms with Crippen molar-refractivity contribution >= 4 is 52.1 Å². The number of methoxy groups -OCH3 is 1. The summed E-state index contributed by atoms with van der Waals surface area (Å²) in [6.45, 7) is 3.82. The highest BCUT2D eigenvalue weighted by molar-refractivity contribution is 7.12. The molecular weight excluding hydrogens is 573 g/mol. The number of benzene rings is 1. The number of nitrogens with one attached hydrogen (secondary N) is 1. The maximum atomic E-state index is 14.5. The number of Topliss-reactive ketones (excluding diaryl/α,β-unsaturated/α-hetero) is 1. The van der Waals surface area contributed by atoms with Crippen LogP contribution in [0, 0.1) is 12.8 Å². The van der Waals surface area contributed by atoms with Gasteiger partial charge >= 0.3 is 0 Å². The summed E-state index contributed by atoms with van der Waals surface area (Å²) in [5, 5.41) is 10.5. The van der Waals surface area contributed by atoms with Gasteiger partial charge in [-0.25, -0.2) is 0 Å². The van der Waals surface area contributed by atoms with Crippen LogP contribution < -0.4 is 5.32 Å². The molecule has 0 radical (unpaired) electrons. The minimum atomic E-state index is -0.975. The summed E-state index contributed by atoms with van der Waals surface area (Å²) >= 11 is 14.4. The summed E-state index contributed by atoms with van der Waals surface area (Å²) < 4.78 is 6.81. The zero-order valence-corrected chi connectivity index (χ0v) is 24.8. The maximum absolute atomic E-state index is 14.5. The molecule has 1 N–H and O–H groups in total. The fourth-order valence-corrected chi connectivity index (χ4v) is 7.16. The number of aromatic nitrogens is 2. The molecule has 9 nitrogen and oxygen atoms in total. The van der Waals surface area contributed by atoms with E-state index in [9.17, 15) is 14.4 Å². The second kappa shape index (κ2) is 12.0. The van der Waals surface area contributed by atoms with Crippen molar-refractivity contribution in [2.75, 3.05) is 39.9 Å². The van der Waals surface area contributed by atoms with Crippen molar-refractivity contribution in [1.29, 1.82) is 0 Å². The summed E-state index contributed by atoms with van der Waals surface area (Å²) in [6.07, 6.45) is 0. The number of amides is 2. The Morgan fingerprint density at radius 1 is 1.12 bits per heavy atom. The van der Waals surface area contributed by atoms with E-state index in [1.165, 1.54) is 23.1 Å². The van der Waals surface area contributed by atoms with Gasteiger partial charge < -0.3 is 19.9 Å². The maximum Gasteiger partial charge on any atom is 0.249 e. The van der Waals surface area contributed by atoms with E-state index in [0.29, 0.717) is 52.5 Å². The molecule has 2 aliphatic rings. The molecule has 40 heavy (non-hydrogen) atoms. The van der Waals surface area contributed by atoms with Crippen molar-refractivity contribution < 1.29 is 19.1 Å². The molecule has 2 saturated heterocycles. The van der Waals surface area contributed by atoms with E-state index < -0.39 is 29.8 Å². The van der Waals surface area contributed by atoms with Crippen molar-refractivity contribution in [3.63, 3.8) is 0 Å². The van der Waals surface area contributed by atoms with E-state index >= 15 is 0 Å². The zero-order valence-electron chi connectivity index (χ0n) is 22.5. The van der Waals surface area contributed by atoms with Gasteiger partial charge in [0.2, 0.25) is 11.8 Å². The molecule has 2 fully saturated rings. The van der Waals surface area contributed by atoms with Crippen LogP contribution in [0.15, 0.2) is 41.8 Å². The third-order valence-corrected chi connectivity index (χ3v) is 9.30. The second-order valence-corrected chi connectivity index (χ2v) is 11.8. The number of carbonyl (C=O) groups is 3. The largest absolute Gasteiger partial charge is 0.375 e. The Kier molecular flexibility index (Phi) is 8.63. The lowest BCUT2D eigenvalue weighted by Gasteiger charge is -2.36. The van der Waals surface area contributed by atoms with Crippen LogP contribution in [0.25, 0.3) is 0 Å². The number of ketones is 1. The fraction of sp³-hybridized carbons (Fsp3) is 0.429. The van der Waals surface area contributed by atoms with Gasteiger partial charge in [0.05, 0.1) is 22.5 Å². The molecule has 5 rings (SSSR count). The SMILES string of the molecule is COCC(=O)N1C(C(=O)N2CCNCC2)C(c2ccc(Cl)cc2)C(C(=O)c2cccs2)C1c1c(C)nn(C)c1Cl. The molecule has 4 atom stereocenters. The number of aryl methyl sites for hydroxylation is 2. The summed E-state index contributed by atoms with van der Waals surface area (Å²) in [6, 6.07) is 8.91. The van der Waals surface area contributed by atoms with Crippen LogP contribution in [0.3, 0.4) is 0 Å². The number of carbonyl (C=O) groups excluding carboxylic acids is 3. The van der Waals surface area contributed by atoms with Crippen LogP contribution in [-0.2, 0) is 21.4 Å². The second-order valence-electron chi connectivity index (χ2n) is 10.1. The van der Waals surface area contributed by atoms with Crippen LogP contribution in [0.1, 0.15) is 38.5 Å². The lowest BCUT2D eigenvalue weighted by Crippen LogP contribution is -2.55. The number of likely N-dealkylation sites (tertiary alicyclic amines) is 1. The normalized spacial score (nSPS) is 23.0. The summed E-state index contributed by atoms with van der Waals surface area (Å²) in [5.74, 6) is -2.27. The van der Waals surface area contributed by atoms with Gasteiger partial charge in [-0.05, 0) is 36.1 Å². The van der Waals surface area contributed by atoms with Crippen LogP contribution in [0.5, 0.6) is 0 Å². The minimum Gasteiger partial charge on any atom is -0.375 e. The lowest BCUT2D eigenvalue weighted by molar-refractivity contribution is -0.148. The number of halogens is 2. The number of thiophene rings is 1. The number of rotatable bonds is 7. The Morgan fingerprint density at radius 3 is 2.40 bits per heavy atom. The quantitative estimate of drug-likeness (QED) is 0.414. The molecule has 0 aliphatic carbocycles. The molecule has 0 saturated carbocycles. The molecule has 4 heterocycles. The van der Waals surface area contributed by atoms with Gasteiger partial charge in [-0.1, -0.05) is 41.4 Å². The highest BCUT2D eigenvalue weighted by atomic mass is 35.5. The van der Waals surface area contributed by atoms with E-state index in [1.54, 1.807) is 42.0 Å². The Labute approximate surface area is 247 Å². The van der Waals surface area contributed by atoms with Crippen molar-refractivity contribution in [3.8, 4) is 0 Å². The highest BCUT2D eigenvalue weighted by Crippen LogP contribution is 2.53. The number of piperazine rings is 1. The number of hydrogen-bond donors (Lipinski definition) is 1. The fourth-order valence-electron chi connectivity index (χ4n) is 6.03. The topological polar surface area (TPSA) is 96.8 Å². The van der Waals surface area contributed by atoms with Crippen molar-refractivity contribution in [3.05, 3.63) is 73.7 Å². The monoisotopic (exact) mass is 603 g/mol. The lowest BCUT2D eigenvalue weighted by atomic mass is 9.77. The van der Waals surface area contributed by atoms with E-state index in [4.69, 9.17) is 27.9 Å². The van der Waals surface area contributed by atoms with Crippen LogP contribution in [0.2, 0.25) is 10.2 Å². The molecule has 4 unspecified atom stereocenters. The minimum absolute atomic E-state index is 0.162. The molecular formula is C28H31Cl2N5O4S. The molecule has 3 aromatic rings. The van der Waals surface area contributed by atoms with Gasteiger partial charge in [0.1, 0.15) is 17.8 Å². The number of hydrogen-bond acceptors (Lipinski definition) is 7. The van der Waals surface area contributed by atoms with E-state index in [0.717, 1.165) is 5.56 Å². The Hall–Kier alpha value is -2.76. The van der Waals surface area contributed by atoms with Gasteiger partial charge in [-0.15, -0.1) is 11.3 Å². The molecule has 1 aromatic carbocycles. The van der Waals surface area contributed by atoms with Gasteiger partial charge in [-0.3, -0.25) is 19.1 Å². The predicted molar refractivity (Wildman–Crippen MR) is 154 cm³/mol. The van der Waals surface area contributed by atoms with Crippen molar-refractivity contribution in [1.82, 2.24) is 24.9 Å². The third-order valence-electron chi connectivity index (χ3n) is 7.72. The van der Waals surface area contributed by atoms with Crippen LogP contribution in [-0.4, -0.2) is 83.1 Å². The first-order chi connectivity index (χ1) is 19.2. The average molecular weight is 605 g/mol. The Balaban J connectivity index is 1.78. The summed E-state index contributed by atoms with van der Waals surface area (Å²) in [7, 11) is 3.15. The van der Waals surface area contributed by atoms with Crippen LogP contribution >= 0.6 is 34.5 Å². The third kappa shape index (κ3) is 5.19. The van der Waals surface area contributed by atoms with Crippen molar-refractivity contribution in [2.45, 2.75) is 24.9 Å². The van der Waals surface area contributed by atoms with Gasteiger partial charge in [-0.2, -0.15) is 5.10 Å². The molecule has 12 heteroatoms. The zero-order chi connectivity index (χ0) is 28.6. The first-order valence-electron chi connectivity index (χ1n) is 13.1. The molecule has 0 bridgehead atoms. The van der Waals surface area contributed by atoms with E-state index in [-0.39, 0.29) is 18.3 Å². The first kappa shape index (κ1) is 28.8. The van der Waals surface area contributed by atoms with E-state index in [2.05, 4.69) is 10.4 Å². The van der Waals surface area contributed by atoms with Crippen LogP contribution in [0.4, 0.5) is 0 Å². The molecule has 2 aromatic heterocycles. The molecule has 2 amide bonds. The van der Waals surface area contributed by atoms with E-state index in [1.807, 2.05) is 23.6 Å². The average Bonchev–Trinajstić information content (AvgIpc) is 3.66. The standard InChI is InChI=1S/C28H31Cl2N5O4S/c1-16-21(27(30)33(2)32-16)24-23(26(37)19-5-4-14-40-19)22(17-6-8-18(29)9-7-17)25(35(24)20(36)15-39-3)28(38)34-12-10-31-11-13-34/h4-9,14,22-25,31H,10-13,15H2,1-3H3. The van der Waals surface area contributed by atoms with Gasteiger partial charge in [0.15, 0.2) is 5.78 Å². The molecule has 2 aliphatic heterocycles. The molecule has 212 valence electrons. The predicted octanol–water partition coefficient (Wildman–Crippen LogP) is 3.71.